The minimum absolute atomic E-state index is 0.126. The predicted octanol–water partition coefficient (Wildman–Crippen LogP) is 1.56. The van der Waals surface area contributed by atoms with Gasteiger partial charge in [0.15, 0.2) is 6.10 Å². The minimum Gasteiger partial charge on any atom is -0.479 e. The summed E-state index contributed by atoms with van der Waals surface area (Å²) in [6, 6.07) is 5.61. The van der Waals surface area contributed by atoms with Gasteiger partial charge < -0.3 is 21.1 Å². The van der Waals surface area contributed by atoms with E-state index in [4.69, 9.17) is 10.5 Å². The van der Waals surface area contributed by atoms with E-state index in [1.54, 1.807) is 6.92 Å². The zero-order chi connectivity index (χ0) is 13.3. The molecule has 1 aliphatic rings. The van der Waals surface area contributed by atoms with E-state index in [-0.39, 0.29) is 11.4 Å². The van der Waals surface area contributed by atoms with Crippen molar-refractivity contribution in [2.75, 3.05) is 17.2 Å². The van der Waals surface area contributed by atoms with Crippen molar-refractivity contribution in [2.24, 2.45) is 5.73 Å². The molecule has 98 valence electrons. The molecule has 0 aliphatic carbocycles. The molecule has 1 aromatic rings. The Kier molecular flexibility index (Phi) is 3.17. The maximum Gasteiger partial charge on any atom is 0.265 e. The lowest BCUT2D eigenvalue weighted by Gasteiger charge is -2.25. The van der Waals surface area contributed by atoms with E-state index >= 15 is 0 Å². The Morgan fingerprint density at radius 2 is 2.22 bits per heavy atom. The van der Waals surface area contributed by atoms with E-state index in [1.165, 1.54) is 0 Å². The summed E-state index contributed by atoms with van der Waals surface area (Å²) in [6.45, 7) is 6.27. The Hall–Kier alpha value is -1.75. The maximum atomic E-state index is 11.5. The standard InChI is InChI=1S/C13H19N3O2/c1-8-12(17)16-10-6-9(4-5-11(10)18-8)15-7-13(2,3)14/h4-6,8,15H,7,14H2,1-3H3,(H,16,17). The van der Waals surface area contributed by atoms with Gasteiger partial charge in [-0.15, -0.1) is 0 Å². The van der Waals surface area contributed by atoms with Crippen LogP contribution in [0.4, 0.5) is 11.4 Å². The van der Waals surface area contributed by atoms with E-state index in [9.17, 15) is 4.79 Å². The Morgan fingerprint density at radius 1 is 1.50 bits per heavy atom. The number of benzene rings is 1. The molecule has 4 N–H and O–H groups in total. The second kappa shape index (κ2) is 4.49. The first-order chi connectivity index (χ1) is 8.35. The summed E-state index contributed by atoms with van der Waals surface area (Å²) in [6.07, 6.45) is -0.445. The molecule has 2 rings (SSSR count). The van der Waals surface area contributed by atoms with Gasteiger partial charge >= 0.3 is 0 Å². The molecule has 0 radical (unpaired) electrons. The zero-order valence-corrected chi connectivity index (χ0v) is 10.9. The first-order valence-electron chi connectivity index (χ1n) is 5.99. The van der Waals surface area contributed by atoms with E-state index in [2.05, 4.69) is 10.6 Å². The number of carbonyl (C=O) groups is 1. The van der Waals surface area contributed by atoms with Crippen LogP contribution < -0.4 is 21.1 Å². The SMILES string of the molecule is CC1Oc2ccc(NCC(C)(C)N)cc2NC1=O. The van der Waals surface area contributed by atoms with Crippen LogP contribution in [-0.2, 0) is 4.79 Å². The molecule has 1 aliphatic heterocycles. The Labute approximate surface area is 107 Å². The molecule has 1 atom stereocenters. The van der Waals surface area contributed by atoms with Crippen molar-refractivity contribution in [1.82, 2.24) is 0 Å². The van der Waals surface area contributed by atoms with Crippen molar-refractivity contribution in [3.8, 4) is 5.75 Å². The van der Waals surface area contributed by atoms with Crippen molar-refractivity contribution in [3.05, 3.63) is 18.2 Å². The second-order valence-corrected chi connectivity index (χ2v) is 5.30. The molecular weight excluding hydrogens is 230 g/mol. The first kappa shape index (κ1) is 12.7. The van der Waals surface area contributed by atoms with Crippen LogP contribution in [0.15, 0.2) is 18.2 Å². The van der Waals surface area contributed by atoms with Gasteiger partial charge in [-0.25, -0.2) is 0 Å². The molecule has 0 saturated carbocycles. The number of nitrogens with two attached hydrogens (primary N) is 1. The quantitative estimate of drug-likeness (QED) is 0.759. The van der Waals surface area contributed by atoms with Crippen molar-refractivity contribution < 1.29 is 9.53 Å². The summed E-state index contributed by atoms with van der Waals surface area (Å²) in [4.78, 5) is 11.5. The van der Waals surface area contributed by atoms with Crippen LogP contribution in [0.3, 0.4) is 0 Å². The molecule has 18 heavy (non-hydrogen) atoms. The lowest BCUT2D eigenvalue weighted by atomic mass is 10.1. The smallest absolute Gasteiger partial charge is 0.265 e. The Bertz CT molecular complexity index is 466. The predicted molar refractivity (Wildman–Crippen MR) is 71.9 cm³/mol. The molecule has 5 heteroatoms. The highest BCUT2D eigenvalue weighted by Crippen LogP contribution is 2.32. The van der Waals surface area contributed by atoms with Crippen LogP contribution >= 0.6 is 0 Å². The second-order valence-electron chi connectivity index (χ2n) is 5.30. The monoisotopic (exact) mass is 249 g/mol. The third-order valence-electron chi connectivity index (χ3n) is 2.66. The summed E-state index contributed by atoms with van der Waals surface area (Å²) in [5.41, 5.74) is 7.22. The molecule has 1 heterocycles. The average molecular weight is 249 g/mol. The number of hydrogen-bond acceptors (Lipinski definition) is 4. The van der Waals surface area contributed by atoms with E-state index in [0.717, 1.165) is 5.69 Å². The summed E-state index contributed by atoms with van der Waals surface area (Å²) in [5, 5.41) is 6.04. The van der Waals surface area contributed by atoms with Gasteiger partial charge in [0.25, 0.3) is 5.91 Å². The fourth-order valence-corrected chi connectivity index (χ4v) is 1.65. The zero-order valence-electron chi connectivity index (χ0n) is 10.9. The molecule has 0 saturated heterocycles. The number of rotatable bonds is 3. The van der Waals surface area contributed by atoms with Crippen molar-refractivity contribution in [2.45, 2.75) is 32.4 Å². The Balaban J connectivity index is 2.13. The van der Waals surface area contributed by atoms with Gasteiger partial charge in [0.2, 0.25) is 0 Å². The molecule has 1 aromatic carbocycles. The molecule has 0 bridgehead atoms. The van der Waals surface area contributed by atoms with Gasteiger partial charge in [0.05, 0.1) is 5.69 Å². The van der Waals surface area contributed by atoms with E-state index in [1.807, 2.05) is 32.0 Å². The first-order valence-corrected chi connectivity index (χ1v) is 5.99. The molecule has 0 fully saturated rings. The van der Waals surface area contributed by atoms with Crippen LogP contribution in [0.25, 0.3) is 0 Å². The summed E-state index contributed by atoms with van der Waals surface area (Å²) in [5.74, 6) is 0.568. The number of fused-ring (bicyclic) bond motifs is 1. The van der Waals surface area contributed by atoms with Crippen LogP contribution in [0, 0.1) is 0 Å². The lowest BCUT2D eigenvalue weighted by molar-refractivity contribution is -0.122. The largest absolute Gasteiger partial charge is 0.479 e. The van der Waals surface area contributed by atoms with Crippen molar-refractivity contribution >= 4 is 17.3 Å². The number of carbonyl (C=O) groups excluding carboxylic acids is 1. The third-order valence-corrected chi connectivity index (χ3v) is 2.66. The average Bonchev–Trinajstić information content (AvgIpc) is 2.27. The van der Waals surface area contributed by atoms with Gasteiger partial charge in [-0.1, -0.05) is 0 Å². The molecular formula is C13H19N3O2. The summed E-state index contributed by atoms with van der Waals surface area (Å²) >= 11 is 0. The van der Waals surface area contributed by atoms with Gasteiger partial charge in [0.1, 0.15) is 5.75 Å². The third kappa shape index (κ3) is 2.92. The highest BCUT2D eigenvalue weighted by molar-refractivity contribution is 5.98. The van der Waals surface area contributed by atoms with Crippen LogP contribution in [0.5, 0.6) is 5.75 Å². The number of ether oxygens (including phenoxy) is 1. The molecule has 1 unspecified atom stereocenters. The molecule has 0 spiro atoms. The number of amides is 1. The van der Waals surface area contributed by atoms with E-state index in [0.29, 0.717) is 18.0 Å². The topological polar surface area (TPSA) is 76.4 Å². The van der Waals surface area contributed by atoms with Crippen LogP contribution in [-0.4, -0.2) is 24.1 Å². The van der Waals surface area contributed by atoms with Gasteiger partial charge in [0, 0.05) is 17.8 Å². The van der Waals surface area contributed by atoms with Crippen LogP contribution in [0.1, 0.15) is 20.8 Å². The molecule has 5 nitrogen and oxygen atoms in total. The normalized spacial score (nSPS) is 18.7. The number of nitrogens with one attached hydrogen (secondary N) is 2. The summed E-state index contributed by atoms with van der Waals surface area (Å²) in [7, 11) is 0. The van der Waals surface area contributed by atoms with Crippen molar-refractivity contribution in [1.29, 1.82) is 0 Å². The highest BCUT2D eigenvalue weighted by Gasteiger charge is 2.23. The van der Waals surface area contributed by atoms with Gasteiger partial charge in [-0.3, -0.25) is 4.79 Å². The van der Waals surface area contributed by atoms with E-state index < -0.39 is 6.10 Å². The number of hydrogen-bond donors (Lipinski definition) is 3. The summed E-state index contributed by atoms with van der Waals surface area (Å²) < 4.78 is 5.48. The lowest BCUT2D eigenvalue weighted by Crippen LogP contribution is -2.39. The van der Waals surface area contributed by atoms with Crippen LogP contribution in [0.2, 0.25) is 0 Å². The maximum absolute atomic E-state index is 11.5. The molecule has 1 amide bonds. The fraction of sp³-hybridized carbons (Fsp3) is 0.462. The fourth-order valence-electron chi connectivity index (χ4n) is 1.65. The molecule has 0 aromatic heterocycles. The number of anilines is 2. The van der Waals surface area contributed by atoms with Gasteiger partial charge in [-0.05, 0) is 39.0 Å². The minimum atomic E-state index is -0.445. The van der Waals surface area contributed by atoms with Crippen molar-refractivity contribution in [3.63, 3.8) is 0 Å². The highest BCUT2D eigenvalue weighted by atomic mass is 16.5. The Morgan fingerprint density at radius 3 is 2.89 bits per heavy atom. The van der Waals surface area contributed by atoms with Gasteiger partial charge in [-0.2, -0.15) is 0 Å².